The molecule has 1 aromatic carbocycles. The van der Waals surface area contributed by atoms with Crippen molar-refractivity contribution in [2.75, 3.05) is 0 Å². The van der Waals surface area contributed by atoms with E-state index in [1.165, 1.54) is 0 Å². The third-order valence-corrected chi connectivity index (χ3v) is 6.20. The van der Waals surface area contributed by atoms with Gasteiger partial charge >= 0.3 is 5.97 Å². The summed E-state index contributed by atoms with van der Waals surface area (Å²) in [7, 11) is 0. The fraction of sp³-hybridized carbons (Fsp3) is 0.241. The number of carbonyl (C=O) groups excluding carboxylic acids is 1. The molecule has 0 spiro atoms. The van der Waals surface area contributed by atoms with Gasteiger partial charge in [-0.1, -0.05) is 43.0 Å². The number of esters is 1. The zero-order chi connectivity index (χ0) is 23.4. The van der Waals surface area contributed by atoms with Crippen LogP contribution < -0.4 is 15.8 Å². The van der Waals surface area contributed by atoms with Gasteiger partial charge in [0.15, 0.2) is 0 Å². The van der Waals surface area contributed by atoms with Crippen LogP contribution in [-0.4, -0.2) is 17.1 Å². The van der Waals surface area contributed by atoms with Crippen molar-refractivity contribution >= 4 is 29.9 Å². The summed E-state index contributed by atoms with van der Waals surface area (Å²) in [6.45, 7) is 11.8. The predicted molar refractivity (Wildman–Crippen MR) is 135 cm³/mol. The van der Waals surface area contributed by atoms with Crippen LogP contribution in [0.5, 0.6) is 0 Å². The van der Waals surface area contributed by atoms with Gasteiger partial charge in [0.2, 0.25) is 0 Å². The molecule has 4 nitrogen and oxygen atoms in total. The second-order valence-corrected chi connectivity index (χ2v) is 8.57. The summed E-state index contributed by atoms with van der Waals surface area (Å²) >= 11 is 0. The molecule has 2 heterocycles. The minimum atomic E-state index is -0.291. The van der Waals surface area contributed by atoms with E-state index in [0.717, 1.165) is 57.9 Å². The number of ether oxygens (including phenoxy) is 1. The van der Waals surface area contributed by atoms with Gasteiger partial charge in [0.1, 0.15) is 6.10 Å². The summed E-state index contributed by atoms with van der Waals surface area (Å²) in [6.07, 6.45) is 12.1. The van der Waals surface area contributed by atoms with Crippen molar-refractivity contribution in [1.29, 1.82) is 0 Å². The monoisotopic (exact) mass is 438 g/mol. The van der Waals surface area contributed by atoms with Gasteiger partial charge < -0.3 is 10.1 Å². The standard InChI is InChI=1S/C29H30N2O2/c1-5-21-15-25(16-21)33-29(32)22(6-2)17-24-18-23(13-12-19(24)3)26-10-8-14-30-28(26)27-11-7-9-20(4)31-27/h5-9,11-14,17-18,21,25,30H,1,3,10,15-16H2,2,4H3/b22-6+,24-17-. The van der Waals surface area contributed by atoms with Crippen LogP contribution in [0.25, 0.3) is 23.9 Å². The van der Waals surface area contributed by atoms with Crippen molar-refractivity contribution < 1.29 is 9.53 Å². The third kappa shape index (κ3) is 5.06. The SMILES string of the molecule is C=CC1CC(OC(=O)C(/C=c2/cc(C3=C(c4cccc(C)n4)NC=CC3)ccc2=C)=C/C)C1. The van der Waals surface area contributed by atoms with Crippen molar-refractivity contribution in [2.24, 2.45) is 5.92 Å². The van der Waals surface area contributed by atoms with E-state index in [4.69, 9.17) is 9.72 Å². The van der Waals surface area contributed by atoms with Gasteiger partial charge in [0.05, 0.1) is 17.0 Å². The first-order valence-electron chi connectivity index (χ1n) is 11.4. The van der Waals surface area contributed by atoms with Crippen molar-refractivity contribution in [3.8, 4) is 0 Å². The summed E-state index contributed by atoms with van der Waals surface area (Å²) in [4.78, 5) is 17.4. The van der Waals surface area contributed by atoms with Crippen LogP contribution in [0.2, 0.25) is 0 Å². The van der Waals surface area contributed by atoms with Gasteiger partial charge in [-0.15, -0.1) is 6.58 Å². The maximum Gasteiger partial charge on any atom is 0.338 e. The Morgan fingerprint density at radius 3 is 2.79 bits per heavy atom. The maximum absolute atomic E-state index is 12.7. The number of pyridine rings is 1. The number of carbonyl (C=O) groups is 1. The molecule has 2 aliphatic rings. The molecule has 0 unspecified atom stereocenters. The summed E-state index contributed by atoms with van der Waals surface area (Å²) in [5.41, 5.74) is 5.64. The van der Waals surface area contributed by atoms with Gasteiger partial charge in [-0.3, -0.25) is 4.98 Å². The van der Waals surface area contributed by atoms with E-state index in [1.807, 2.05) is 56.5 Å². The average Bonchev–Trinajstić information content (AvgIpc) is 2.80. The van der Waals surface area contributed by atoms with E-state index < -0.39 is 0 Å². The second kappa shape index (κ2) is 9.86. The van der Waals surface area contributed by atoms with Crippen LogP contribution in [0.15, 0.2) is 73.0 Å². The highest BCUT2D eigenvalue weighted by Gasteiger charge is 2.30. The third-order valence-electron chi connectivity index (χ3n) is 6.20. The number of aromatic nitrogens is 1. The highest BCUT2D eigenvalue weighted by molar-refractivity contribution is 5.97. The highest BCUT2D eigenvalue weighted by Crippen LogP contribution is 2.31. The number of aryl methyl sites for hydroxylation is 1. The Morgan fingerprint density at radius 1 is 1.24 bits per heavy atom. The summed E-state index contributed by atoms with van der Waals surface area (Å²) < 4.78 is 5.67. The van der Waals surface area contributed by atoms with Gasteiger partial charge in [-0.25, -0.2) is 4.79 Å². The number of hydrogen-bond acceptors (Lipinski definition) is 4. The van der Waals surface area contributed by atoms with E-state index >= 15 is 0 Å². The predicted octanol–water partition coefficient (Wildman–Crippen LogP) is 4.41. The summed E-state index contributed by atoms with van der Waals surface area (Å²) in [5.74, 6) is 0.161. The number of benzene rings is 1. The molecule has 0 atom stereocenters. The first kappa shape index (κ1) is 22.5. The Morgan fingerprint density at radius 2 is 2.06 bits per heavy atom. The van der Waals surface area contributed by atoms with E-state index in [0.29, 0.717) is 11.5 Å². The first-order valence-corrected chi connectivity index (χ1v) is 11.4. The quantitative estimate of drug-likeness (QED) is 0.412. The average molecular weight is 439 g/mol. The van der Waals surface area contributed by atoms with Crippen molar-refractivity contribution in [3.63, 3.8) is 0 Å². The van der Waals surface area contributed by atoms with Gasteiger partial charge in [0.25, 0.3) is 0 Å². The molecule has 33 heavy (non-hydrogen) atoms. The van der Waals surface area contributed by atoms with E-state index in [2.05, 4.69) is 36.7 Å². The number of rotatable bonds is 6. The Labute approximate surface area is 195 Å². The van der Waals surface area contributed by atoms with Crippen molar-refractivity contribution in [3.05, 3.63) is 100 Å². The van der Waals surface area contributed by atoms with Crippen LogP contribution in [0.4, 0.5) is 0 Å². The maximum atomic E-state index is 12.7. The minimum absolute atomic E-state index is 0.0240. The molecule has 1 aromatic heterocycles. The highest BCUT2D eigenvalue weighted by atomic mass is 16.5. The first-order chi connectivity index (χ1) is 16.0. The molecular formula is C29H30N2O2. The van der Waals surface area contributed by atoms with Crippen molar-refractivity contribution in [2.45, 2.75) is 39.2 Å². The molecule has 1 aliphatic heterocycles. The number of dihydropyridines is 1. The van der Waals surface area contributed by atoms with Crippen molar-refractivity contribution in [1.82, 2.24) is 10.3 Å². The smallest absolute Gasteiger partial charge is 0.338 e. The van der Waals surface area contributed by atoms with Crippen LogP contribution in [-0.2, 0) is 9.53 Å². The topological polar surface area (TPSA) is 51.2 Å². The Hall–Kier alpha value is -3.66. The molecule has 4 rings (SSSR count). The molecule has 1 N–H and O–H groups in total. The van der Waals surface area contributed by atoms with Gasteiger partial charge in [-0.2, -0.15) is 0 Å². The molecule has 1 saturated carbocycles. The molecule has 1 aliphatic carbocycles. The van der Waals surface area contributed by atoms with Crippen LogP contribution >= 0.6 is 0 Å². The molecule has 1 fully saturated rings. The Bertz CT molecular complexity index is 1280. The molecule has 0 radical (unpaired) electrons. The number of hydrogen-bond donors (Lipinski definition) is 1. The lowest BCUT2D eigenvalue weighted by molar-refractivity contribution is -0.149. The lowest BCUT2D eigenvalue weighted by Gasteiger charge is -2.32. The zero-order valence-corrected chi connectivity index (χ0v) is 19.3. The van der Waals surface area contributed by atoms with E-state index in [-0.39, 0.29) is 12.1 Å². The number of nitrogens with one attached hydrogen (secondary N) is 1. The minimum Gasteiger partial charge on any atom is -0.459 e. The molecule has 0 bridgehead atoms. The number of allylic oxidation sites excluding steroid dienone is 4. The largest absolute Gasteiger partial charge is 0.459 e. The Balaban J connectivity index is 1.67. The molecule has 0 saturated heterocycles. The van der Waals surface area contributed by atoms with Gasteiger partial charge in [-0.05, 0) is 91.1 Å². The van der Waals surface area contributed by atoms with E-state index in [1.54, 1.807) is 6.08 Å². The summed E-state index contributed by atoms with van der Waals surface area (Å²) in [6, 6.07) is 12.2. The molecule has 4 heteroatoms. The fourth-order valence-corrected chi connectivity index (χ4v) is 4.14. The lowest BCUT2D eigenvalue weighted by atomic mass is 9.82. The Kier molecular flexibility index (Phi) is 6.74. The molecule has 2 aromatic rings. The summed E-state index contributed by atoms with van der Waals surface area (Å²) in [5, 5.41) is 5.13. The molecular weight excluding hydrogens is 408 g/mol. The van der Waals surface area contributed by atoms with Crippen LogP contribution in [0.1, 0.15) is 43.1 Å². The molecule has 168 valence electrons. The van der Waals surface area contributed by atoms with Gasteiger partial charge in [0, 0.05) is 5.69 Å². The second-order valence-electron chi connectivity index (χ2n) is 8.57. The molecule has 0 amide bonds. The fourth-order valence-electron chi connectivity index (χ4n) is 4.14. The lowest BCUT2D eigenvalue weighted by Crippen LogP contribution is -2.33. The van der Waals surface area contributed by atoms with Crippen LogP contribution in [0, 0.1) is 12.8 Å². The van der Waals surface area contributed by atoms with Crippen LogP contribution in [0.3, 0.4) is 0 Å². The zero-order valence-electron chi connectivity index (χ0n) is 19.3. The van der Waals surface area contributed by atoms with E-state index in [9.17, 15) is 4.79 Å². The normalized spacial score (nSPS) is 20.8. The number of nitrogens with zero attached hydrogens (tertiary/aromatic N) is 1.